The van der Waals surface area contributed by atoms with Crippen molar-refractivity contribution in [3.05, 3.63) is 64.0 Å². The Bertz CT molecular complexity index is 951. The van der Waals surface area contributed by atoms with E-state index in [1.54, 1.807) is 29.4 Å². The topological polar surface area (TPSA) is 133 Å². The molecule has 0 aliphatic carbocycles. The molecule has 2 amide bonds. The van der Waals surface area contributed by atoms with Gasteiger partial charge in [0.05, 0.1) is 6.54 Å². The van der Waals surface area contributed by atoms with Crippen LogP contribution >= 0.6 is 0 Å². The number of carboxylic acid groups (broad SMARTS) is 1. The van der Waals surface area contributed by atoms with Crippen molar-refractivity contribution in [3.63, 3.8) is 0 Å². The minimum Gasteiger partial charge on any atom is -0.480 e. The molecule has 152 valence electrons. The molecule has 0 unspecified atom stereocenters. The Morgan fingerprint density at radius 1 is 1.14 bits per heavy atom. The van der Waals surface area contributed by atoms with E-state index in [9.17, 15) is 19.2 Å². The highest BCUT2D eigenvalue weighted by Crippen LogP contribution is 2.10. The van der Waals surface area contributed by atoms with E-state index in [0.717, 1.165) is 17.7 Å². The maximum Gasteiger partial charge on any atom is 0.317 e. The van der Waals surface area contributed by atoms with Gasteiger partial charge in [-0.15, -0.1) is 0 Å². The highest BCUT2D eigenvalue weighted by Gasteiger charge is 2.25. The highest BCUT2D eigenvalue weighted by atomic mass is 16.4. The third-order valence-electron chi connectivity index (χ3n) is 4.40. The molecule has 1 saturated heterocycles. The van der Waals surface area contributed by atoms with Crippen LogP contribution in [0.4, 0.5) is 0 Å². The largest absolute Gasteiger partial charge is 0.480 e. The van der Waals surface area contributed by atoms with Crippen molar-refractivity contribution in [3.8, 4) is 0 Å². The Labute approximate surface area is 165 Å². The maximum atomic E-state index is 12.7. The number of nitrogens with one attached hydrogen (secondary N) is 1. The van der Waals surface area contributed by atoms with Crippen LogP contribution in [0, 0.1) is 0 Å². The van der Waals surface area contributed by atoms with Gasteiger partial charge in [-0.25, -0.2) is 0 Å². The SMILES string of the molecule is O=C(O)CN1CCN(C(=O)c2cc(=O)cc(C(=O)NCc3cccnc3)o2)CC1. The fraction of sp³-hybridized carbons (Fsp3) is 0.316. The number of hydrogen-bond donors (Lipinski definition) is 2. The first kappa shape index (κ1) is 20.2. The first-order valence-corrected chi connectivity index (χ1v) is 8.98. The normalized spacial score (nSPS) is 14.4. The lowest BCUT2D eigenvalue weighted by atomic mass is 10.2. The summed E-state index contributed by atoms with van der Waals surface area (Å²) in [4.78, 5) is 54.8. The Balaban J connectivity index is 1.65. The minimum atomic E-state index is -0.930. The van der Waals surface area contributed by atoms with Crippen LogP contribution in [0.15, 0.2) is 45.9 Å². The summed E-state index contributed by atoms with van der Waals surface area (Å²) in [6.07, 6.45) is 3.21. The molecular formula is C19H20N4O6. The number of carbonyl (C=O) groups is 3. The second-order valence-electron chi connectivity index (χ2n) is 6.53. The predicted octanol–water partition coefficient (Wildman–Crippen LogP) is -0.193. The van der Waals surface area contributed by atoms with Gasteiger partial charge in [-0.3, -0.25) is 29.1 Å². The van der Waals surface area contributed by atoms with Crippen LogP contribution in [0.1, 0.15) is 26.7 Å². The van der Waals surface area contributed by atoms with Crippen molar-refractivity contribution in [2.45, 2.75) is 6.54 Å². The van der Waals surface area contributed by atoms with E-state index in [1.165, 1.54) is 4.90 Å². The second-order valence-corrected chi connectivity index (χ2v) is 6.53. The van der Waals surface area contributed by atoms with Crippen molar-refractivity contribution in [1.82, 2.24) is 20.1 Å². The lowest BCUT2D eigenvalue weighted by molar-refractivity contribution is -0.138. The number of aliphatic carboxylic acids is 1. The Morgan fingerprint density at radius 3 is 2.52 bits per heavy atom. The van der Waals surface area contributed by atoms with E-state index in [2.05, 4.69) is 10.3 Å². The van der Waals surface area contributed by atoms with Crippen LogP contribution in [-0.4, -0.2) is 70.4 Å². The number of hydrogen-bond acceptors (Lipinski definition) is 7. The number of nitrogens with zero attached hydrogens (tertiary/aromatic N) is 3. The van der Waals surface area contributed by atoms with Crippen molar-refractivity contribution < 1.29 is 23.9 Å². The molecule has 2 aromatic rings. The molecule has 1 fully saturated rings. The van der Waals surface area contributed by atoms with Crippen LogP contribution in [0.2, 0.25) is 0 Å². The average Bonchev–Trinajstić information content (AvgIpc) is 2.72. The smallest absolute Gasteiger partial charge is 0.317 e. The molecule has 0 radical (unpaired) electrons. The van der Waals surface area contributed by atoms with Crippen molar-refractivity contribution in [2.24, 2.45) is 0 Å². The number of amides is 2. The molecule has 0 aromatic carbocycles. The third kappa shape index (κ3) is 5.48. The van der Waals surface area contributed by atoms with Gasteiger partial charge in [0, 0.05) is 57.3 Å². The average molecular weight is 400 g/mol. The quantitative estimate of drug-likeness (QED) is 0.682. The summed E-state index contributed by atoms with van der Waals surface area (Å²) in [5.74, 6) is -2.54. The van der Waals surface area contributed by atoms with Gasteiger partial charge in [-0.2, -0.15) is 0 Å². The Hall–Kier alpha value is -3.53. The summed E-state index contributed by atoms with van der Waals surface area (Å²) in [5, 5.41) is 11.4. The van der Waals surface area contributed by atoms with E-state index < -0.39 is 23.2 Å². The fourth-order valence-electron chi connectivity index (χ4n) is 2.92. The zero-order valence-electron chi connectivity index (χ0n) is 15.5. The summed E-state index contributed by atoms with van der Waals surface area (Å²) in [6.45, 7) is 1.49. The van der Waals surface area contributed by atoms with Crippen LogP contribution in [-0.2, 0) is 11.3 Å². The van der Waals surface area contributed by atoms with Crippen LogP contribution in [0.3, 0.4) is 0 Å². The molecule has 1 aliphatic heterocycles. The Kier molecular flexibility index (Phi) is 6.35. The van der Waals surface area contributed by atoms with Gasteiger partial charge in [0.25, 0.3) is 11.8 Å². The van der Waals surface area contributed by atoms with E-state index in [4.69, 9.17) is 9.52 Å². The number of piperazine rings is 1. The molecule has 29 heavy (non-hydrogen) atoms. The summed E-state index contributed by atoms with van der Waals surface area (Å²) >= 11 is 0. The van der Waals surface area contributed by atoms with Crippen LogP contribution in [0.25, 0.3) is 0 Å². The van der Waals surface area contributed by atoms with E-state index in [1.807, 2.05) is 0 Å². The first-order valence-electron chi connectivity index (χ1n) is 8.98. The van der Waals surface area contributed by atoms with Gasteiger partial charge in [-0.1, -0.05) is 6.07 Å². The number of aromatic nitrogens is 1. The minimum absolute atomic E-state index is 0.0935. The molecule has 10 heteroatoms. The second kappa shape index (κ2) is 9.11. The van der Waals surface area contributed by atoms with E-state index >= 15 is 0 Å². The van der Waals surface area contributed by atoms with E-state index in [0.29, 0.717) is 26.2 Å². The lowest BCUT2D eigenvalue weighted by Crippen LogP contribution is -2.50. The summed E-state index contributed by atoms with van der Waals surface area (Å²) in [5.41, 5.74) is 0.255. The monoisotopic (exact) mass is 400 g/mol. The standard InChI is InChI=1S/C19H20N4O6/c24-14-8-15(18(27)21-11-13-2-1-3-20-10-13)29-16(9-14)19(28)23-6-4-22(5-7-23)12-17(25)26/h1-3,8-10H,4-7,11-12H2,(H,21,27)(H,25,26). The van der Waals surface area contributed by atoms with Crippen molar-refractivity contribution in [2.75, 3.05) is 32.7 Å². The Morgan fingerprint density at radius 2 is 1.86 bits per heavy atom. The number of carboxylic acids is 1. The van der Waals surface area contributed by atoms with Crippen molar-refractivity contribution in [1.29, 1.82) is 0 Å². The van der Waals surface area contributed by atoms with Gasteiger partial charge < -0.3 is 19.7 Å². The van der Waals surface area contributed by atoms with Gasteiger partial charge in [0.1, 0.15) is 0 Å². The summed E-state index contributed by atoms with van der Waals surface area (Å²) in [7, 11) is 0. The molecule has 2 N–H and O–H groups in total. The molecule has 3 heterocycles. The van der Waals surface area contributed by atoms with Gasteiger partial charge in [0.15, 0.2) is 16.9 Å². The molecule has 0 saturated carbocycles. The molecule has 0 atom stereocenters. The zero-order valence-corrected chi connectivity index (χ0v) is 15.5. The molecular weight excluding hydrogens is 380 g/mol. The van der Waals surface area contributed by atoms with Crippen LogP contribution < -0.4 is 10.7 Å². The number of rotatable bonds is 6. The van der Waals surface area contributed by atoms with Gasteiger partial charge in [0.2, 0.25) is 0 Å². The number of pyridine rings is 1. The first-order chi connectivity index (χ1) is 13.9. The molecule has 1 aliphatic rings. The third-order valence-corrected chi connectivity index (χ3v) is 4.40. The summed E-state index contributed by atoms with van der Waals surface area (Å²) < 4.78 is 5.39. The van der Waals surface area contributed by atoms with Gasteiger partial charge in [-0.05, 0) is 11.6 Å². The maximum absolute atomic E-state index is 12.7. The molecule has 3 rings (SSSR count). The van der Waals surface area contributed by atoms with E-state index in [-0.39, 0.29) is 24.6 Å². The van der Waals surface area contributed by atoms with Gasteiger partial charge >= 0.3 is 5.97 Å². The molecule has 2 aromatic heterocycles. The van der Waals surface area contributed by atoms with Crippen molar-refractivity contribution >= 4 is 17.8 Å². The molecule has 0 spiro atoms. The molecule has 0 bridgehead atoms. The predicted molar refractivity (Wildman–Crippen MR) is 100 cm³/mol. The highest BCUT2D eigenvalue weighted by molar-refractivity contribution is 5.94. The fourth-order valence-corrected chi connectivity index (χ4v) is 2.92. The van der Waals surface area contributed by atoms with Crippen LogP contribution in [0.5, 0.6) is 0 Å². The zero-order chi connectivity index (χ0) is 20.8. The molecule has 10 nitrogen and oxygen atoms in total. The number of carbonyl (C=O) groups excluding carboxylic acids is 2. The lowest BCUT2D eigenvalue weighted by Gasteiger charge is -2.33. The summed E-state index contributed by atoms with van der Waals surface area (Å²) in [6, 6.07) is 5.59.